The summed E-state index contributed by atoms with van der Waals surface area (Å²) in [7, 11) is 1.58. The highest BCUT2D eigenvalue weighted by atomic mass is 16.5. The van der Waals surface area contributed by atoms with Crippen LogP contribution in [0.1, 0.15) is 41.4 Å². The molecule has 1 atom stereocenters. The summed E-state index contributed by atoms with van der Waals surface area (Å²) in [5.41, 5.74) is 4.27. The fourth-order valence-corrected chi connectivity index (χ4v) is 4.77. The van der Waals surface area contributed by atoms with E-state index in [1.54, 1.807) is 42.5 Å². The maximum absolute atomic E-state index is 13.1. The lowest BCUT2D eigenvalue weighted by atomic mass is 10.1. The molecule has 1 unspecified atom stereocenters. The van der Waals surface area contributed by atoms with Crippen LogP contribution < -0.4 is 19.9 Å². The van der Waals surface area contributed by atoms with Crippen molar-refractivity contribution in [3.63, 3.8) is 0 Å². The topological polar surface area (TPSA) is 75.0 Å². The molecular formula is C26H27N3O4. The molecule has 2 aliphatic heterocycles. The van der Waals surface area contributed by atoms with E-state index in [2.05, 4.69) is 35.3 Å². The number of methoxy groups -OCH3 is 1. The van der Waals surface area contributed by atoms with Gasteiger partial charge in [-0.3, -0.25) is 9.59 Å². The van der Waals surface area contributed by atoms with E-state index >= 15 is 0 Å². The number of fused-ring (bicyclic) bond motifs is 1. The van der Waals surface area contributed by atoms with E-state index in [-0.39, 0.29) is 11.8 Å². The first kappa shape index (κ1) is 21.1. The second-order valence-corrected chi connectivity index (χ2v) is 8.56. The molecular weight excluding hydrogens is 418 g/mol. The quantitative estimate of drug-likeness (QED) is 0.599. The van der Waals surface area contributed by atoms with Crippen LogP contribution in [-0.4, -0.2) is 31.5 Å². The molecule has 2 amide bonds. The molecule has 7 heteroatoms. The predicted molar refractivity (Wildman–Crippen MR) is 127 cm³/mol. The van der Waals surface area contributed by atoms with E-state index in [4.69, 9.17) is 9.15 Å². The van der Waals surface area contributed by atoms with Crippen LogP contribution in [-0.2, 0) is 17.8 Å². The van der Waals surface area contributed by atoms with Gasteiger partial charge in [-0.05, 0) is 55.7 Å². The van der Waals surface area contributed by atoms with Crippen LogP contribution in [0.4, 0.5) is 17.1 Å². The second-order valence-electron chi connectivity index (χ2n) is 8.56. The Morgan fingerprint density at radius 3 is 2.82 bits per heavy atom. The van der Waals surface area contributed by atoms with Gasteiger partial charge in [0.2, 0.25) is 5.91 Å². The first-order valence-corrected chi connectivity index (χ1v) is 11.3. The SMILES string of the molecule is COc1ccc(NC(=O)c2ccoc2CN2c3ccccc3CC2C)cc1N1CCCC1=O. The third-order valence-electron chi connectivity index (χ3n) is 6.45. The highest BCUT2D eigenvalue weighted by Crippen LogP contribution is 2.35. The highest BCUT2D eigenvalue weighted by molar-refractivity contribution is 6.06. The highest BCUT2D eigenvalue weighted by Gasteiger charge is 2.28. The molecule has 1 aromatic heterocycles. The van der Waals surface area contributed by atoms with Crippen LogP contribution in [0.5, 0.6) is 5.75 Å². The lowest BCUT2D eigenvalue weighted by Gasteiger charge is -2.24. The van der Waals surface area contributed by atoms with Crippen molar-refractivity contribution in [2.75, 3.05) is 28.8 Å². The number of furan rings is 1. The molecule has 3 heterocycles. The summed E-state index contributed by atoms with van der Waals surface area (Å²) in [5, 5.41) is 2.96. The Kier molecular flexibility index (Phi) is 5.54. The van der Waals surface area contributed by atoms with Crippen molar-refractivity contribution in [2.24, 2.45) is 0 Å². The van der Waals surface area contributed by atoms with Gasteiger partial charge in [-0.2, -0.15) is 0 Å². The van der Waals surface area contributed by atoms with Gasteiger partial charge in [0.25, 0.3) is 5.91 Å². The molecule has 0 saturated carbocycles. The van der Waals surface area contributed by atoms with E-state index in [0.29, 0.717) is 54.0 Å². The monoisotopic (exact) mass is 445 g/mol. The van der Waals surface area contributed by atoms with Crippen LogP contribution in [0.25, 0.3) is 0 Å². The number of hydrogen-bond acceptors (Lipinski definition) is 5. The van der Waals surface area contributed by atoms with Crippen molar-refractivity contribution < 1.29 is 18.7 Å². The minimum atomic E-state index is -0.247. The molecule has 0 radical (unpaired) electrons. The average molecular weight is 446 g/mol. The number of ether oxygens (including phenoxy) is 1. The van der Waals surface area contributed by atoms with Crippen LogP contribution in [0.3, 0.4) is 0 Å². The Labute approximate surface area is 192 Å². The molecule has 0 aliphatic carbocycles. The summed E-state index contributed by atoms with van der Waals surface area (Å²) in [5.74, 6) is 1.05. The largest absolute Gasteiger partial charge is 0.495 e. The second kappa shape index (κ2) is 8.65. The van der Waals surface area contributed by atoms with Crippen LogP contribution in [0, 0.1) is 0 Å². The molecule has 1 fully saturated rings. The van der Waals surface area contributed by atoms with E-state index in [1.165, 1.54) is 11.3 Å². The summed E-state index contributed by atoms with van der Waals surface area (Å²) in [6.07, 6.45) is 3.87. The third kappa shape index (κ3) is 3.95. The zero-order valence-electron chi connectivity index (χ0n) is 18.8. The van der Waals surface area contributed by atoms with Crippen LogP contribution >= 0.6 is 0 Å². The van der Waals surface area contributed by atoms with Crippen molar-refractivity contribution in [2.45, 2.75) is 38.8 Å². The molecule has 1 saturated heterocycles. The number of hydrogen-bond donors (Lipinski definition) is 1. The summed E-state index contributed by atoms with van der Waals surface area (Å²) in [6.45, 7) is 3.35. The smallest absolute Gasteiger partial charge is 0.259 e. The van der Waals surface area contributed by atoms with Crippen molar-refractivity contribution in [3.05, 3.63) is 71.7 Å². The van der Waals surface area contributed by atoms with Crippen molar-refractivity contribution >= 4 is 28.9 Å². The maximum Gasteiger partial charge on any atom is 0.259 e. The van der Waals surface area contributed by atoms with Crippen molar-refractivity contribution in [3.8, 4) is 5.75 Å². The fraction of sp³-hybridized carbons (Fsp3) is 0.308. The number of benzene rings is 2. The van der Waals surface area contributed by atoms with Crippen LogP contribution in [0.2, 0.25) is 0 Å². The molecule has 33 heavy (non-hydrogen) atoms. The van der Waals surface area contributed by atoms with Gasteiger partial charge in [-0.25, -0.2) is 0 Å². The number of nitrogens with zero attached hydrogens (tertiary/aromatic N) is 2. The Morgan fingerprint density at radius 1 is 1.18 bits per heavy atom. The molecule has 3 aromatic rings. The lowest BCUT2D eigenvalue weighted by Crippen LogP contribution is -2.29. The van der Waals surface area contributed by atoms with Crippen molar-refractivity contribution in [1.29, 1.82) is 0 Å². The van der Waals surface area contributed by atoms with Gasteiger partial charge < -0.3 is 24.3 Å². The normalized spacial score (nSPS) is 17.4. The third-order valence-corrected chi connectivity index (χ3v) is 6.45. The summed E-state index contributed by atoms with van der Waals surface area (Å²) >= 11 is 0. The Bertz CT molecular complexity index is 1200. The summed E-state index contributed by atoms with van der Waals surface area (Å²) in [6, 6.07) is 15.7. The first-order valence-electron chi connectivity index (χ1n) is 11.3. The van der Waals surface area contributed by atoms with Gasteiger partial charge in [0.1, 0.15) is 11.5 Å². The van der Waals surface area contributed by atoms with Crippen molar-refractivity contribution in [1.82, 2.24) is 0 Å². The summed E-state index contributed by atoms with van der Waals surface area (Å²) in [4.78, 5) is 29.4. The van der Waals surface area contributed by atoms with Gasteiger partial charge in [0.15, 0.2) is 0 Å². The Balaban J connectivity index is 1.36. The zero-order valence-corrected chi connectivity index (χ0v) is 18.8. The molecule has 2 aliphatic rings. The van der Waals surface area contributed by atoms with Crippen LogP contribution in [0.15, 0.2) is 59.2 Å². The molecule has 2 aromatic carbocycles. The maximum atomic E-state index is 13.1. The fourth-order valence-electron chi connectivity index (χ4n) is 4.77. The standard InChI is InChI=1S/C26H27N3O4/c1-17-14-18-6-3-4-7-21(18)29(17)16-24-20(11-13-33-24)26(31)27-19-9-10-23(32-2)22(15-19)28-12-5-8-25(28)30/h3-4,6-7,9-11,13,15,17H,5,8,12,14,16H2,1-2H3,(H,27,31). The molecule has 0 bridgehead atoms. The molecule has 7 nitrogen and oxygen atoms in total. The van der Waals surface area contributed by atoms with E-state index < -0.39 is 0 Å². The van der Waals surface area contributed by atoms with Gasteiger partial charge in [-0.15, -0.1) is 0 Å². The number of amides is 2. The van der Waals surface area contributed by atoms with E-state index in [0.717, 1.165) is 12.8 Å². The minimum Gasteiger partial charge on any atom is -0.495 e. The molecule has 170 valence electrons. The molecule has 0 spiro atoms. The number of carbonyl (C=O) groups excluding carboxylic acids is 2. The van der Waals surface area contributed by atoms with E-state index in [1.807, 2.05) is 6.07 Å². The Hall–Kier alpha value is -3.74. The Morgan fingerprint density at radius 2 is 2.03 bits per heavy atom. The van der Waals surface area contributed by atoms with Gasteiger partial charge in [0.05, 0.1) is 31.2 Å². The van der Waals surface area contributed by atoms with Gasteiger partial charge in [0, 0.05) is 30.4 Å². The lowest BCUT2D eigenvalue weighted by molar-refractivity contribution is -0.117. The zero-order chi connectivity index (χ0) is 22.9. The number of anilines is 3. The van der Waals surface area contributed by atoms with Gasteiger partial charge >= 0.3 is 0 Å². The molecule has 5 rings (SSSR count). The average Bonchev–Trinajstić information content (AvgIpc) is 3.53. The summed E-state index contributed by atoms with van der Waals surface area (Å²) < 4.78 is 11.2. The number of rotatable bonds is 6. The number of para-hydroxylation sites is 1. The minimum absolute atomic E-state index is 0.0638. The van der Waals surface area contributed by atoms with E-state index in [9.17, 15) is 9.59 Å². The number of carbonyl (C=O) groups is 2. The van der Waals surface area contributed by atoms with Gasteiger partial charge in [-0.1, -0.05) is 18.2 Å². The number of nitrogens with one attached hydrogen (secondary N) is 1. The first-order chi connectivity index (χ1) is 16.0. The molecule has 1 N–H and O–H groups in total. The predicted octanol–water partition coefficient (Wildman–Crippen LogP) is 4.62.